The van der Waals surface area contributed by atoms with Crippen LogP contribution in [0.5, 0.6) is 0 Å². The van der Waals surface area contributed by atoms with E-state index in [1.54, 1.807) is 6.07 Å². The highest BCUT2D eigenvalue weighted by molar-refractivity contribution is 5.53. The van der Waals surface area contributed by atoms with E-state index in [0.29, 0.717) is 5.95 Å². The number of hydrogen-bond donors (Lipinski definition) is 2. The minimum absolute atomic E-state index is 0.114. The summed E-state index contributed by atoms with van der Waals surface area (Å²) in [7, 11) is 0. The molecule has 0 saturated carbocycles. The van der Waals surface area contributed by atoms with Gasteiger partial charge in [-0.1, -0.05) is 32.4 Å². The standard InChI is InChI=1S/C20H28N4O/c1-3-5-18-12-19(25)23-20(22-18)21-17-9-7-16(8-10-17)14-24-11-4-6-15(2)13-24/h7-10,12,15H,3-6,11,13-14H2,1-2H3,(H2,21,22,23,25). The summed E-state index contributed by atoms with van der Waals surface area (Å²) < 4.78 is 0. The van der Waals surface area contributed by atoms with Crippen LogP contribution in [0.2, 0.25) is 0 Å². The molecule has 0 amide bonds. The SMILES string of the molecule is CCCc1cc(=O)[nH]c(Nc2ccc(CN3CCCC(C)C3)cc2)n1. The van der Waals surface area contributed by atoms with E-state index in [9.17, 15) is 4.79 Å². The van der Waals surface area contributed by atoms with Gasteiger partial charge < -0.3 is 5.32 Å². The molecule has 2 N–H and O–H groups in total. The Bertz CT molecular complexity index is 738. The van der Waals surface area contributed by atoms with Gasteiger partial charge in [0.2, 0.25) is 5.95 Å². The van der Waals surface area contributed by atoms with E-state index in [-0.39, 0.29) is 5.56 Å². The second-order valence-electron chi connectivity index (χ2n) is 7.14. The molecule has 1 atom stereocenters. The predicted octanol–water partition coefficient (Wildman–Crippen LogP) is 3.70. The first-order valence-electron chi connectivity index (χ1n) is 9.31. The summed E-state index contributed by atoms with van der Waals surface area (Å²) in [4.78, 5) is 21.5. The van der Waals surface area contributed by atoms with Crippen molar-refractivity contribution in [1.29, 1.82) is 0 Å². The number of nitrogens with zero attached hydrogens (tertiary/aromatic N) is 2. The highest BCUT2D eigenvalue weighted by atomic mass is 16.1. The van der Waals surface area contributed by atoms with Crippen molar-refractivity contribution in [1.82, 2.24) is 14.9 Å². The van der Waals surface area contributed by atoms with Crippen molar-refractivity contribution < 1.29 is 0 Å². The molecule has 1 fully saturated rings. The molecule has 1 aliphatic rings. The monoisotopic (exact) mass is 340 g/mol. The number of rotatable bonds is 6. The molecule has 0 spiro atoms. The molecule has 2 heterocycles. The minimum atomic E-state index is -0.114. The summed E-state index contributed by atoms with van der Waals surface area (Å²) in [6.07, 6.45) is 4.43. The number of aromatic amines is 1. The van der Waals surface area contributed by atoms with E-state index >= 15 is 0 Å². The topological polar surface area (TPSA) is 61.0 Å². The number of H-pyrrole nitrogens is 1. The molecular weight excluding hydrogens is 312 g/mol. The number of nitrogens with one attached hydrogen (secondary N) is 2. The smallest absolute Gasteiger partial charge is 0.252 e. The highest BCUT2D eigenvalue weighted by Crippen LogP contribution is 2.19. The number of likely N-dealkylation sites (tertiary alicyclic amines) is 1. The second kappa shape index (κ2) is 8.30. The van der Waals surface area contributed by atoms with Crippen LogP contribution < -0.4 is 10.9 Å². The maximum absolute atomic E-state index is 11.7. The summed E-state index contributed by atoms with van der Waals surface area (Å²) in [6, 6.07) is 9.97. The van der Waals surface area contributed by atoms with Gasteiger partial charge in [-0.25, -0.2) is 4.98 Å². The Morgan fingerprint density at radius 3 is 2.84 bits per heavy atom. The number of benzene rings is 1. The summed E-state index contributed by atoms with van der Waals surface area (Å²) in [5, 5.41) is 3.20. The molecule has 5 heteroatoms. The summed E-state index contributed by atoms with van der Waals surface area (Å²) in [5.74, 6) is 1.31. The normalized spacial score (nSPS) is 18.2. The Kier molecular flexibility index (Phi) is 5.87. The van der Waals surface area contributed by atoms with E-state index in [0.717, 1.165) is 36.7 Å². The molecule has 1 aliphatic heterocycles. The first-order chi connectivity index (χ1) is 12.1. The third-order valence-electron chi connectivity index (χ3n) is 4.66. The Labute approximate surface area is 149 Å². The van der Waals surface area contributed by atoms with Crippen LogP contribution in [0.25, 0.3) is 0 Å². The average molecular weight is 340 g/mol. The molecule has 0 bridgehead atoms. The molecule has 134 valence electrons. The molecule has 1 aromatic heterocycles. The fraction of sp³-hybridized carbons (Fsp3) is 0.500. The molecular formula is C20H28N4O. The summed E-state index contributed by atoms with van der Waals surface area (Å²) in [6.45, 7) is 7.80. The van der Waals surface area contributed by atoms with E-state index in [1.807, 2.05) is 0 Å². The van der Waals surface area contributed by atoms with E-state index in [2.05, 4.69) is 58.3 Å². The van der Waals surface area contributed by atoms with Crippen LogP contribution >= 0.6 is 0 Å². The highest BCUT2D eigenvalue weighted by Gasteiger charge is 2.16. The first-order valence-corrected chi connectivity index (χ1v) is 9.31. The quantitative estimate of drug-likeness (QED) is 0.842. The van der Waals surface area contributed by atoms with Crippen molar-refractivity contribution >= 4 is 11.6 Å². The fourth-order valence-electron chi connectivity index (χ4n) is 3.47. The van der Waals surface area contributed by atoms with Gasteiger partial charge in [-0.3, -0.25) is 14.7 Å². The van der Waals surface area contributed by atoms with Crippen LogP contribution in [0, 0.1) is 5.92 Å². The van der Waals surface area contributed by atoms with E-state index in [4.69, 9.17) is 0 Å². The van der Waals surface area contributed by atoms with Crippen LogP contribution in [0.1, 0.15) is 44.4 Å². The van der Waals surface area contributed by atoms with Crippen LogP contribution in [0.3, 0.4) is 0 Å². The van der Waals surface area contributed by atoms with Crippen molar-refractivity contribution in [3.8, 4) is 0 Å². The number of aryl methyl sites for hydroxylation is 1. The van der Waals surface area contributed by atoms with E-state index in [1.165, 1.54) is 31.5 Å². The third-order valence-corrected chi connectivity index (χ3v) is 4.66. The molecule has 0 aliphatic carbocycles. The van der Waals surface area contributed by atoms with Gasteiger partial charge in [0.15, 0.2) is 0 Å². The van der Waals surface area contributed by atoms with Gasteiger partial charge in [0.1, 0.15) is 0 Å². The van der Waals surface area contributed by atoms with Gasteiger partial charge in [0.05, 0.1) is 0 Å². The van der Waals surface area contributed by atoms with Crippen molar-refractivity contribution in [3.63, 3.8) is 0 Å². The predicted molar refractivity (Wildman–Crippen MR) is 102 cm³/mol. The molecule has 1 saturated heterocycles. The van der Waals surface area contributed by atoms with Crippen LogP contribution in [0.4, 0.5) is 11.6 Å². The lowest BCUT2D eigenvalue weighted by Crippen LogP contribution is -2.33. The number of aromatic nitrogens is 2. The zero-order chi connectivity index (χ0) is 17.6. The van der Waals surface area contributed by atoms with Crippen LogP contribution in [-0.4, -0.2) is 28.0 Å². The van der Waals surface area contributed by atoms with Gasteiger partial charge in [-0.2, -0.15) is 0 Å². The largest absolute Gasteiger partial charge is 0.326 e. The molecule has 5 nitrogen and oxygen atoms in total. The second-order valence-corrected chi connectivity index (χ2v) is 7.14. The number of piperidine rings is 1. The number of anilines is 2. The van der Waals surface area contributed by atoms with Crippen molar-refractivity contribution in [2.24, 2.45) is 5.92 Å². The third kappa shape index (κ3) is 5.16. The maximum atomic E-state index is 11.7. The Hall–Kier alpha value is -2.14. The molecule has 0 radical (unpaired) electrons. The maximum Gasteiger partial charge on any atom is 0.252 e. The van der Waals surface area contributed by atoms with Crippen molar-refractivity contribution in [3.05, 3.63) is 51.9 Å². The lowest BCUT2D eigenvalue weighted by atomic mass is 10.00. The first kappa shape index (κ1) is 17.7. The average Bonchev–Trinajstić information content (AvgIpc) is 2.56. The van der Waals surface area contributed by atoms with Gasteiger partial charge in [-0.05, 0) is 49.4 Å². The van der Waals surface area contributed by atoms with Gasteiger partial charge >= 0.3 is 0 Å². The van der Waals surface area contributed by atoms with Crippen molar-refractivity contribution in [2.75, 3.05) is 18.4 Å². The van der Waals surface area contributed by atoms with Gasteiger partial charge in [0.25, 0.3) is 5.56 Å². The molecule has 2 aromatic rings. The summed E-state index contributed by atoms with van der Waals surface area (Å²) in [5.41, 5.74) is 2.97. The number of hydrogen-bond acceptors (Lipinski definition) is 4. The zero-order valence-electron chi connectivity index (χ0n) is 15.2. The Morgan fingerprint density at radius 2 is 2.12 bits per heavy atom. The molecule has 1 unspecified atom stereocenters. The molecule has 1 aromatic carbocycles. The van der Waals surface area contributed by atoms with Crippen LogP contribution in [0.15, 0.2) is 35.1 Å². The zero-order valence-corrected chi connectivity index (χ0v) is 15.2. The molecule has 25 heavy (non-hydrogen) atoms. The minimum Gasteiger partial charge on any atom is -0.326 e. The van der Waals surface area contributed by atoms with Crippen molar-refractivity contribution in [2.45, 2.75) is 46.1 Å². The van der Waals surface area contributed by atoms with Gasteiger partial charge in [-0.15, -0.1) is 0 Å². The Morgan fingerprint density at radius 1 is 1.32 bits per heavy atom. The summed E-state index contributed by atoms with van der Waals surface area (Å²) >= 11 is 0. The van der Waals surface area contributed by atoms with E-state index < -0.39 is 0 Å². The molecule has 3 rings (SSSR count). The lowest BCUT2D eigenvalue weighted by Gasteiger charge is -2.30. The lowest BCUT2D eigenvalue weighted by molar-refractivity contribution is 0.176. The van der Waals surface area contributed by atoms with Crippen LogP contribution in [-0.2, 0) is 13.0 Å². The fourth-order valence-corrected chi connectivity index (χ4v) is 3.47. The Balaban J connectivity index is 1.63. The van der Waals surface area contributed by atoms with Gasteiger partial charge in [0, 0.05) is 30.5 Å².